The van der Waals surface area contributed by atoms with Gasteiger partial charge in [0.25, 0.3) is 5.91 Å². The number of imidazole rings is 1. The van der Waals surface area contributed by atoms with Crippen molar-refractivity contribution in [3.8, 4) is 28.1 Å². The molecule has 2 N–H and O–H groups in total. The van der Waals surface area contributed by atoms with E-state index in [9.17, 15) is 9.18 Å². The number of nitrogens with zero attached hydrogens (tertiary/aromatic N) is 3. The average molecular weight is 452 g/mol. The van der Waals surface area contributed by atoms with Crippen molar-refractivity contribution < 1.29 is 13.9 Å². The molecule has 168 valence electrons. The van der Waals surface area contributed by atoms with Crippen LogP contribution in [0.1, 0.15) is 21.7 Å². The van der Waals surface area contributed by atoms with Crippen molar-refractivity contribution in [3.05, 3.63) is 108 Å². The quantitative estimate of drug-likeness (QED) is 0.384. The summed E-state index contributed by atoms with van der Waals surface area (Å²) >= 11 is 0. The van der Waals surface area contributed by atoms with Gasteiger partial charge in [0.1, 0.15) is 29.5 Å². The van der Waals surface area contributed by atoms with Gasteiger partial charge >= 0.3 is 0 Å². The van der Waals surface area contributed by atoms with Crippen LogP contribution in [0.15, 0.2) is 85.2 Å². The number of fused-ring (bicyclic) bond motifs is 1. The number of primary amides is 1. The largest absolute Gasteiger partial charge is 0.489 e. The number of hydrogen-bond donors (Lipinski definition) is 1. The molecule has 2 aromatic carbocycles. The number of carbonyl (C=O) groups excluding carboxylic acids is 1. The van der Waals surface area contributed by atoms with E-state index in [0.717, 1.165) is 28.1 Å². The number of halogens is 1. The van der Waals surface area contributed by atoms with Gasteiger partial charge < -0.3 is 10.5 Å². The number of pyridine rings is 2. The number of ether oxygens (including phenoxy) is 1. The molecule has 0 aliphatic heterocycles. The molecular weight excluding hydrogens is 431 g/mol. The Morgan fingerprint density at radius 2 is 1.88 bits per heavy atom. The molecule has 0 aliphatic carbocycles. The van der Waals surface area contributed by atoms with Gasteiger partial charge in [-0.3, -0.25) is 14.2 Å². The summed E-state index contributed by atoms with van der Waals surface area (Å²) in [6.45, 7) is 2.03. The molecule has 0 radical (unpaired) electrons. The molecule has 5 rings (SSSR count). The van der Waals surface area contributed by atoms with Crippen LogP contribution in [0, 0.1) is 12.7 Å². The molecular formula is C27H21FN4O2. The predicted octanol–water partition coefficient (Wildman–Crippen LogP) is 5.19. The maximum atomic E-state index is 14.0. The summed E-state index contributed by atoms with van der Waals surface area (Å²) in [6, 6.07) is 21.8. The van der Waals surface area contributed by atoms with Crippen LogP contribution < -0.4 is 10.5 Å². The summed E-state index contributed by atoms with van der Waals surface area (Å²) in [4.78, 5) is 20.8. The topological polar surface area (TPSA) is 82.5 Å². The fraction of sp³-hybridized carbons (Fsp3) is 0.0741. The van der Waals surface area contributed by atoms with Crippen molar-refractivity contribution >= 4 is 11.6 Å². The standard InChI is InChI=1S/C27H21FN4O2/c1-17-5-4-8-24(31-17)21-11-10-20(34-16-19-6-2-3-7-23(19)28)13-22(21)18-9-12-26-30-14-25(27(29)33)32(26)15-18/h2-15H,16H2,1H3,(H2,29,33). The first-order chi connectivity index (χ1) is 16.5. The molecule has 0 spiro atoms. The van der Waals surface area contributed by atoms with E-state index >= 15 is 0 Å². The number of carbonyl (C=O) groups is 1. The number of aryl methyl sites for hydroxylation is 1. The summed E-state index contributed by atoms with van der Waals surface area (Å²) in [5.74, 6) is -0.296. The first-order valence-electron chi connectivity index (χ1n) is 10.7. The molecule has 0 aliphatic rings. The van der Waals surface area contributed by atoms with Crippen LogP contribution in [0.3, 0.4) is 0 Å². The van der Waals surface area contributed by atoms with E-state index in [-0.39, 0.29) is 12.4 Å². The van der Waals surface area contributed by atoms with E-state index in [4.69, 9.17) is 10.5 Å². The van der Waals surface area contributed by atoms with E-state index in [1.165, 1.54) is 12.3 Å². The maximum Gasteiger partial charge on any atom is 0.267 e. The molecule has 0 unspecified atom stereocenters. The second-order valence-corrected chi connectivity index (χ2v) is 7.91. The molecule has 0 fully saturated rings. The fourth-order valence-electron chi connectivity index (χ4n) is 3.87. The Bertz CT molecular complexity index is 1530. The molecule has 3 aromatic heterocycles. The molecule has 0 saturated carbocycles. The lowest BCUT2D eigenvalue weighted by atomic mass is 9.97. The van der Waals surface area contributed by atoms with Crippen LogP contribution in [-0.2, 0) is 6.61 Å². The summed E-state index contributed by atoms with van der Waals surface area (Å²) in [6.07, 6.45) is 3.27. The molecule has 0 atom stereocenters. The van der Waals surface area contributed by atoms with Gasteiger partial charge in [-0.2, -0.15) is 0 Å². The zero-order chi connectivity index (χ0) is 23.7. The van der Waals surface area contributed by atoms with Crippen LogP contribution in [0.2, 0.25) is 0 Å². The van der Waals surface area contributed by atoms with E-state index in [1.54, 1.807) is 22.6 Å². The minimum absolute atomic E-state index is 0.0978. The molecule has 5 aromatic rings. The molecule has 7 heteroatoms. The minimum Gasteiger partial charge on any atom is -0.489 e. The van der Waals surface area contributed by atoms with Gasteiger partial charge in [-0.05, 0) is 66.6 Å². The highest BCUT2D eigenvalue weighted by atomic mass is 19.1. The second kappa shape index (κ2) is 8.78. The van der Waals surface area contributed by atoms with Crippen LogP contribution in [-0.4, -0.2) is 20.3 Å². The zero-order valence-electron chi connectivity index (χ0n) is 18.4. The molecule has 6 nitrogen and oxygen atoms in total. The van der Waals surface area contributed by atoms with E-state index in [1.807, 2.05) is 61.7 Å². The van der Waals surface area contributed by atoms with Gasteiger partial charge in [-0.25, -0.2) is 9.37 Å². The van der Waals surface area contributed by atoms with Gasteiger partial charge in [-0.1, -0.05) is 24.3 Å². The minimum atomic E-state index is -0.563. The Morgan fingerprint density at radius 3 is 2.68 bits per heavy atom. The highest BCUT2D eigenvalue weighted by Crippen LogP contribution is 2.35. The molecule has 3 heterocycles. The number of amides is 1. The van der Waals surface area contributed by atoms with Crippen molar-refractivity contribution in [2.75, 3.05) is 0 Å². The smallest absolute Gasteiger partial charge is 0.267 e. The van der Waals surface area contributed by atoms with Gasteiger partial charge in [0.2, 0.25) is 0 Å². The van der Waals surface area contributed by atoms with Crippen molar-refractivity contribution in [2.45, 2.75) is 13.5 Å². The van der Waals surface area contributed by atoms with Gasteiger partial charge in [0.05, 0.1) is 11.9 Å². The molecule has 0 saturated heterocycles. The first-order valence-corrected chi connectivity index (χ1v) is 10.7. The monoisotopic (exact) mass is 452 g/mol. The Hall–Kier alpha value is -4.52. The van der Waals surface area contributed by atoms with Gasteiger partial charge in [0.15, 0.2) is 0 Å². The van der Waals surface area contributed by atoms with Crippen molar-refractivity contribution in [1.29, 1.82) is 0 Å². The maximum absolute atomic E-state index is 14.0. The third-order valence-electron chi connectivity index (χ3n) is 5.58. The van der Waals surface area contributed by atoms with Crippen LogP contribution >= 0.6 is 0 Å². The third kappa shape index (κ3) is 4.11. The number of benzene rings is 2. The zero-order valence-corrected chi connectivity index (χ0v) is 18.4. The highest BCUT2D eigenvalue weighted by Gasteiger charge is 2.14. The Balaban J connectivity index is 1.61. The summed E-state index contributed by atoms with van der Waals surface area (Å²) < 4.78 is 21.6. The molecule has 34 heavy (non-hydrogen) atoms. The number of nitrogens with two attached hydrogens (primary N) is 1. The van der Waals surface area contributed by atoms with Gasteiger partial charge in [0, 0.05) is 23.0 Å². The summed E-state index contributed by atoms with van der Waals surface area (Å²) in [5, 5.41) is 0. The molecule has 1 amide bonds. The van der Waals surface area contributed by atoms with Crippen molar-refractivity contribution in [3.63, 3.8) is 0 Å². The lowest BCUT2D eigenvalue weighted by Crippen LogP contribution is -2.13. The first kappa shape index (κ1) is 21.3. The SMILES string of the molecule is Cc1cccc(-c2ccc(OCc3ccccc3F)cc2-c2ccc3ncc(C(N)=O)n3c2)n1. The molecule has 0 bridgehead atoms. The fourth-order valence-corrected chi connectivity index (χ4v) is 3.87. The number of hydrogen-bond acceptors (Lipinski definition) is 4. The Labute approximate surface area is 195 Å². The number of aromatic nitrogens is 3. The van der Waals surface area contributed by atoms with Crippen molar-refractivity contribution in [1.82, 2.24) is 14.4 Å². The summed E-state index contributed by atoms with van der Waals surface area (Å²) in [5.41, 5.74) is 11.1. The lowest BCUT2D eigenvalue weighted by Gasteiger charge is -2.14. The van der Waals surface area contributed by atoms with Gasteiger partial charge in [-0.15, -0.1) is 0 Å². The van der Waals surface area contributed by atoms with Crippen LogP contribution in [0.25, 0.3) is 28.0 Å². The van der Waals surface area contributed by atoms with Crippen LogP contribution in [0.4, 0.5) is 4.39 Å². The Morgan fingerprint density at radius 1 is 1.03 bits per heavy atom. The Kier molecular flexibility index (Phi) is 5.51. The highest BCUT2D eigenvalue weighted by molar-refractivity contribution is 5.92. The van der Waals surface area contributed by atoms with E-state index < -0.39 is 5.91 Å². The normalized spacial score (nSPS) is 11.0. The number of rotatable bonds is 6. The lowest BCUT2D eigenvalue weighted by molar-refractivity contribution is 0.0994. The van der Waals surface area contributed by atoms with E-state index in [0.29, 0.717) is 22.7 Å². The van der Waals surface area contributed by atoms with Crippen molar-refractivity contribution in [2.24, 2.45) is 5.73 Å². The predicted molar refractivity (Wildman–Crippen MR) is 128 cm³/mol. The summed E-state index contributed by atoms with van der Waals surface area (Å²) in [7, 11) is 0. The van der Waals surface area contributed by atoms with Crippen LogP contribution in [0.5, 0.6) is 5.75 Å². The van der Waals surface area contributed by atoms with E-state index in [2.05, 4.69) is 9.97 Å². The average Bonchev–Trinajstić information content (AvgIpc) is 3.27. The second-order valence-electron chi connectivity index (χ2n) is 7.91. The third-order valence-corrected chi connectivity index (χ3v) is 5.58.